The van der Waals surface area contributed by atoms with Gasteiger partial charge in [-0.1, -0.05) is 11.8 Å². The zero-order chi connectivity index (χ0) is 16.4. The monoisotopic (exact) mass is 316 g/mol. The zero-order valence-corrected chi connectivity index (χ0v) is 13.1. The molecular weight excluding hydrogens is 296 g/mol. The average Bonchev–Trinajstić information content (AvgIpc) is 2.34. The summed E-state index contributed by atoms with van der Waals surface area (Å²) in [7, 11) is 4.15. The van der Waals surface area contributed by atoms with E-state index in [4.69, 9.17) is 25.5 Å². The summed E-state index contributed by atoms with van der Waals surface area (Å²) in [4.78, 5) is 28.8. The number of carboxylic acid groups (broad SMARTS) is 2. The Morgan fingerprint density at radius 3 is 2.29 bits per heavy atom. The lowest BCUT2D eigenvalue weighted by atomic mass is 10.4. The molecule has 0 aliphatic carbocycles. The third-order valence-corrected chi connectivity index (χ3v) is 2.95. The molecule has 118 valence electrons. The summed E-state index contributed by atoms with van der Waals surface area (Å²) < 4.78 is 0. The van der Waals surface area contributed by atoms with Crippen molar-refractivity contribution in [1.82, 2.24) is 14.9 Å². The van der Waals surface area contributed by atoms with Crippen molar-refractivity contribution in [2.75, 3.05) is 32.1 Å². The number of nitrogens with two attached hydrogens (primary N) is 1. The second kappa shape index (κ2) is 9.94. The zero-order valence-electron chi connectivity index (χ0n) is 12.2. The van der Waals surface area contributed by atoms with Crippen LogP contribution in [-0.4, -0.2) is 63.4 Å². The highest BCUT2D eigenvalue weighted by Crippen LogP contribution is 2.15. The van der Waals surface area contributed by atoms with Gasteiger partial charge >= 0.3 is 11.9 Å². The lowest BCUT2D eigenvalue weighted by molar-refractivity contribution is -0.159. The quantitative estimate of drug-likeness (QED) is 0.309. The van der Waals surface area contributed by atoms with Gasteiger partial charge in [0.15, 0.2) is 5.16 Å². The molecule has 1 aromatic rings. The Bertz CT molecular complexity index is 450. The number of aryl methyl sites for hydroxylation is 1. The van der Waals surface area contributed by atoms with Gasteiger partial charge in [0.1, 0.15) is 5.82 Å². The number of hydrogen-bond donors (Lipinski definition) is 3. The van der Waals surface area contributed by atoms with Gasteiger partial charge in [0.2, 0.25) is 0 Å². The molecule has 0 saturated carbocycles. The van der Waals surface area contributed by atoms with Crippen LogP contribution in [0.5, 0.6) is 0 Å². The molecule has 1 heterocycles. The third-order valence-electron chi connectivity index (χ3n) is 2.02. The minimum absolute atomic E-state index is 0.553. The van der Waals surface area contributed by atoms with Gasteiger partial charge < -0.3 is 20.8 Å². The summed E-state index contributed by atoms with van der Waals surface area (Å²) in [6.45, 7) is 3.02. The lowest BCUT2D eigenvalue weighted by Crippen LogP contribution is -2.13. The van der Waals surface area contributed by atoms with Crippen molar-refractivity contribution in [3.63, 3.8) is 0 Å². The topological polar surface area (TPSA) is 130 Å². The first-order valence-corrected chi connectivity index (χ1v) is 7.05. The van der Waals surface area contributed by atoms with Crippen molar-refractivity contribution in [2.24, 2.45) is 0 Å². The highest BCUT2D eigenvalue weighted by atomic mass is 32.2. The van der Waals surface area contributed by atoms with Gasteiger partial charge in [-0.15, -0.1) is 0 Å². The van der Waals surface area contributed by atoms with E-state index in [-0.39, 0.29) is 0 Å². The molecule has 0 bridgehead atoms. The number of aliphatic carboxylic acids is 2. The van der Waals surface area contributed by atoms with E-state index in [1.165, 1.54) is 0 Å². The number of carbonyl (C=O) groups is 2. The Kier molecular flexibility index (Phi) is 9.06. The summed E-state index contributed by atoms with van der Waals surface area (Å²) >= 11 is 1.66. The summed E-state index contributed by atoms with van der Waals surface area (Å²) in [5.41, 5.74) is 6.57. The number of hydrogen-bond acceptors (Lipinski definition) is 7. The first-order valence-electron chi connectivity index (χ1n) is 6.07. The van der Waals surface area contributed by atoms with Crippen LogP contribution in [0.4, 0.5) is 5.82 Å². The normalized spacial score (nSPS) is 9.90. The fraction of sp³-hybridized carbons (Fsp3) is 0.500. The van der Waals surface area contributed by atoms with Gasteiger partial charge in [-0.3, -0.25) is 0 Å². The molecule has 0 saturated heterocycles. The Labute approximate surface area is 127 Å². The fourth-order valence-corrected chi connectivity index (χ4v) is 2.01. The van der Waals surface area contributed by atoms with Crippen LogP contribution in [0.2, 0.25) is 0 Å². The van der Waals surface area contributed by atoms with Crippen LogP contribution in [-0.2, 0) is 9.59 Å². The molecule has 4 N–H and O–H groups in total. The van der Waals surface area contributed by atoms with Crippen LogP contribution in [0.1, 0.15) is 12.1 Å². The minimum atomic E-state index is -1.82. The number of anilines is 1. The maximum absolute atomic E-state index is 9.10. The molecule has 9 heteroatoms. The van der Waals surface area contributed by atoms with Gasteiger partial charge in [0.05, 0.1) is 0 Å². The standard InChI is InChI=1S/C10H18N4S.C2H2O4/c1-8-7-9(11)13-10(12-8)15-6-4-5-14(2)3;3-1(4)2(5)6/h7H,4-6H2,1-3H3,(H2,11,12,13);(H,3,4)(H,5,6). The molecule has 0 radical (unpaired) electrons. The van der Waals surface area contributed by atoms with Crippen molar-refractivity contribution < 1.29 is 19.8 Å². The van der Waals surface area contributed by atoms with E-state index in [2.05, 4.69) is 29.0 Å². The average molecular weight is 316 g/mol. The molecule has 0 aliphatic rings. The van der Waals surface area contributed by atoms with Gasteiger partial charge in [0, 0.05) is 17.5 Å². The second-order valence-electron chi connectivity index (χ2n) is 4.33. The number of thioether (sulfide) groups is 1. The number of carboxylic acids is 2. The van der Waals surface area contributed by atoms with Crippen LogP contribution < -0.4 is 5.73 Å². The van der Waals surface area contributed by atoms with Crippen LogP contribution in [0.25, 0.3) is 0 Å². The van der Waals surface area contributed by atoms with E-state index in [0.717, 1.165) is 29.6 Å². The summed E-state index contributed by atoms with van der Waals surface area (Å²) in [6, 6.07) is 1.78. The molecule has 0 aromatic carbocycles. The first-order chi connectivity index (χ1) is 9.72. The molecule has 0 atom stereocenters. The molecule has 1 aromatic heterocycles. The Balaban J connectivity index is 0.000000567. The third kappa shape index (κ3) is 10.6. The van der Waals surface area contributed by atoms with E-state index in [0.29, 0.717) is 5.82 Å². The Morgan fingerprint density at radius 2 is 1.86 bits per heavy atom. The van der Waals surface area contributed by atoms with Gasteiger partial charge in [0.25, 0.3) is 0 Å². The fourth-order valence-electron chi connectivity index (χ4n) is 1.17. The molecule has 21 heavy (non-hydrogen) atoms. The number of nitrogens with zero attached hydrogens (tertiary/aromatic N) is 3. The van der Waals surface area contributed by atoms with Crippen LogP contribution >= 0.6 is 11.8 Å². The van der Waals surface area contributed by atoms with Crippen molar-refractivity contribution in [3.05, 3.63) is 11.8 Å². The molecule has 0 aliphatic heterocycles. The predicted octanol–water partition coefficient (Wildman–Crippen LogP) is 0.567. The first kappa shape index (κ1) is 19.1. The van der Waals surface area contributed by atoms with E-state index >= 15 is 0 Å². The summed E-state index contributed by atoms with van der Waals surface area (Å²) in [6.07, 6.45) is 1.13. The largest absolute Gasteiger partial charge is 0.473 e. The van der Waals surface area contributed by atoms with E-state index < -0.39 is 11.9 Å². The highest BCUT2D eigenvalue weighted by molar-refractivity contribution is 7.99. The van der Waals surface area contributed by atoms with E-state index in [1.807, 2.05) is 6.92 Å². The van der Waals surface area contributed by atoms with Gasteiger partial charge in [-0.05, 0) is 34.0 Å². The minimum Gasteiger partial charge on any atom is -0.473 e. The van der Waals surface area contributed by atoms with E-state index in [1.54, 1.807) is 17.8 Å². The van der Waals surface area contributed by atoms with Gasteiger partial charge in [-0.2, -0.15) is 0 Å². The highest BCUT2D eigenvalue weighted by Gasteiger charge is 2.04. The van der Waals surface area contributed by atoms with Crippen LogP contribution in [0.15, 0.2) is 11.2 Å². The number of rotatable bonds is 5. The molecule has 0 fully saturated rings. The SMILES string of the molecule is Cc1cc(N)nc(SCCCN(C)C)n1.O=C(O)C(=O)O. The maximum atomic E-state index is 9.10. The summed E-state index contributed by atoms with van der Waals surface area (Å²) in [5.74, 6) is -2.07. The van der Waals surface area contributed by atoms with Crippen molar-refractivity contribution >= 4 is 29.5 Å². The van der Waals surface area contributed by atoms with Gasteiger partial charge in [-0.25, -0.2) is 19.6 Å². The molecule has 0 unspecified atom stereocenters. The number of aromatic nitrogens is 2. The second-order valence-corrected chi connectivity index (χ2v) is 5.39. The predicted molar refractivity (Wildman–Crippen MR) is 80.3 cm³/mol. The smallest absolute Gasteiger partial charge is 0.414 e. The Hall–Kier alpha value is -1.87. The molecular formula is C12H20N4O4S. The molecule has 0 amide bonds. The van der Waals surface area contributed by atoms with Crippen LogP contribution in [0, 0.1) is 6.92 Å². The van der Waals surface area contributed by atoms with E-state index in [9.17, 15) is 0 Å². The molecule has 0 spiro atoms. The molecule has 8 nitrogen and oxygen atoms in total. The van der Waals surface area contributed by atoms with Crippen molar-refractivity contribution in [3.8, 4) is 0 Å². The lowest BCUT2D eigenvalue weighted by Gasteiger charge is -2.08. The van der Waals surface area contributed by atoms with Crippen molar-refractivity contribution in [1.29, 1.82) is 0 Å². The summed E-state index contributed by atoms with van der Waals surface area (Å²) in [5, 5.41) is 15.6. The van der Waals surface area contributed by atoms with Crippen molar-refractivity contribution in [2.45, 2.75) is 18.5 Å². The maximum Gasteiger partial charge on any atom is 0.414 e. The Morgan fingerprint density at radius 1 is 1.29 bits per heavy atom. The molecule has 1 rings (SSSR count). The van der Waals surface area contributed by atoms with Crippen LogP contribution in [0.3, 0.4) is 0 Å². The number of nitrogen functional groups attached to an aromatic ring is 1.